The van der Waals surface area contributed by atoms with Gasteiger partial charge < -0.3 is 39.5 Å². The molecule has 348 valence electrons. The molecule has 1 aromatic carbocycles. The number of oxime groups is 1. The Hall–Kier alpha value is -3.41. The third-order valence-electron chi connectivity index (χ3n) is 13.1. The molecule has 1 aliphatic heterocycles. The summed E-state index contributed by atoms with van der Waals surface area (Å²) in [6.07, 6.45) is 23.5. The molecule has 5 rings (SSSR count). The average molecular weight is 864 g/mol. The van der Waals surface area contributed by atoms with E-state index >= 15 is 0 Å². The first-order valence-corrected chi connectivity index (χ1v) is 24.5. The molecule has 11 nitrogen and oxygen atoms in total. The van der Waals surface area contributed by atoms with Gasteiger partial charge in [-0.3, -0.25) is 4.79 Å². The maximum atomic E-state index is 14.4. The number of hydrogen-bond acceptors (Lipinski definition) is 9. The van der Waals surface area contributed by atoms with Gasteiger partial charge >= 0.3 is 6.09 Å². The Balaban J connectivity index is 1.53. The number of aliphatic hydroxyl groups excluding tert-OH is 2. The van der Waals surface area contributed by atoms with E-state index in [1.54, 1.807) is 12.1 Å². The summed E-state index contributed by atoms with van der Waals surface area (Å²) < 4.78 is 20.4. The number of nitrogens with zero attached hydrogens (tertiary/aromatic N) is 2. The molecule has 2 saturated carbocycles. The van der Waals surface area contributed by atoms with Gasteiger partial charge in [0, 0.05) is 50.1 Å². The van der Waals surface area contributed by atoms with Crippen LogP contribution in [0.3, 0.4) is 0 Å². The summed E-state index contributed by atoms with van der Waals surface area (Å²) >= 11 is 0. The summed E-state index contributed by atoms with van der Waals surface area (Å²) in [6.45, 7) is 15.9. The first-order valence-electron chi connectivity index (χ1n) is 24.5. The van der Waals surface area contributed by atoms with E-state index in [9.17, 15) is 19.8 Å². The topological polar surface area (TPSA) is 139 Å². The highest BCUT2D eigenvalue weighted by Gasteiger charge is 2.65. The highest BCUT2D eigenvalue weighted by atomic mass is 16.7. The maximum absolute atomic E-state index is 14.4. The predicted molar refractivity (Wildman–Crippen MR) is 246 cm³/mol. The summed E-state index contributed by atoms with van der Waals surface area (Å²) in [4.78, 5) is 35.9. The number of rotatable bonds is 28. The lowest BCUT2D eigenvalue weighted by Gasteiger charge is -2.60. The predicted octanol–water partition coefficient (Wildman–Crippen LogP) is 10.8. The molecule has 3 N–H and O–H groups in total. The second kappa shape index (κ2) is 24.6. The van der Waals surface area contributed by atoms with Gasteiger partial charge in [0.15, 0.2) is 0 Å². The Morgan fingerprint density at radius 1 is 0.935 bits per heavy atom. The van der Waals surface area contributed by atoms with Gasteiger partial charge in [0.25, 0.3) is 0 Å². The third kappa shape index (κ3) is 13.3. The van der Waals surface area contributed by atoms with E-state index in [0.29, 0.717) is 43.9 Å². The second-order valence-corrected chi connectivity index (χ2v) is 19.3. The van der Waals surface area contributed by atoms with Gasteiger partial charge in [-0.2, -0.15) is 0 Å². The maximum Gasteiger partial charge on any atom is 0.412 e. The van der Waals surface area contributed by atoms with Crippen LogP contribution in [0.2, 0.25) is 0 Å². The van der Waals surface area contributed by atoms with Crippen molar-refractivity contribution in [2.75, 3.05) is 32.9 Å². The Bertz CT molecular complexity index is 1630. The molecular formula is C51H81N3O8. The number of ether oxygens (including phenoxy) is 3. The lowest BCUT2D eigenvalue weighted by molar-refractivity contribution is -0.257. The number of amides is 2. The molecule has 2 amide bonds. The minimum absolute atomic E-state index is 0.0164. The van der Waals surface area contributed by atoms with Gasteiger partial charge in [-0.05, 0) is 108 Å². The molecule has 1 heterocycles. The number of unbranched alkanes of at least 4 members (excludes halogenated alkanes) is 11. The molecular weight excluding hydrogens is 783 g/mol. The van der Waals surface area contributed by atoms with Gasteiger partial charge in [0.05, 0.1) is 18.2 Å². The van der Waals surface area contributed by atoms with Crippen molar-refractivity contribution in [3.63, 3.8) is 0 Å². The molecule has 1 aromatic rings. The highest BCUT2D eigenvalue weighted by Crippen LogP contribution is 2.62. The number of fused-ring (bicyclic) bond motifs is 2. The van der Waals surface area contributed by atoms with Crippen molar-refractivity contribution in [2.45, 2.75) is 186 Å². The number of carbonyl (C=O) groups excluding carboxylic acids is 2. The van der Waals surface area contributed by atoms with Crippen molar-refractivity contribution in [3.8, 4) is 11.5 Å². The molecule has 62 heavy (non-hydrogen) atoms. The standard InChI is InChI=1S/C51H81N3O8/c1-7-10-11-12-13-14-15-16-17-20-29-52-49(58)60-39-27-28-44-42(35-39)46-40(24-19-22-32-56)38(23-18-21-31-55)34-41-43(53-62-50(4,5)6)36-45(51(61-44,47(41)46)59-33-9-3)54(30-8-2)48(57)37-25-26-37/h9,27-28,34-35,37-38,40,45-47,55-56H,3,7-8,10-26,29-33,36H2,1-2,4-6H3,(H,52,58). The quantitative estimate of drug-likeness (QED) is 0.0430. The Morgan fingerprint density at radius 3 is 2.24 bits per heavy atom. The van der Waals surface area contributed by atoms with Crippen LogP contribution in [0.4, 0.5) is 4.79 Å². The van der Waals surface area contributed by atoms with Crippen LogP contribution in [-0.4, -0.2) is 83.2 Å². The Labute approximate surface area is 373 Å². The van der Waals surface area contributed by atoms with Crippen molar-refractivity contribution in [2.24, 2.45) is 28.8 Å². The zero-order valence-corrected chi connectivity index (χ0v) is 39.0. The van der Waals surface area contributed by atoms with Gasteiger partial charge in [-0.25, -0.2) is 4.79 Å². The van der Waals surface area contributed by atoms with Crippen LogP contribution in [0.15, 0.2) is 47.7 Å². The van der Waals surface area contributed by atoms with Crippen LogP contribution in [-0.2, 0) is 14.4 Å². The number of aliphatic hydroxyl groups is 2. The van der Waals surface area contributed by atoms with E-state index in [-0.39, 0.29) is 49.4 Å². The number of hydrogen-bond donors (Lipinski definition) is 3. The Morgan fingerprint density at radius 2 is 1.61 bits per heavy atom. The molecule has 0 aromatic heterocycles. The summed E-state index contributed by atoms with van der Waals surface area (Å²) in [7, 11) is 0. The average Bonchev–Trinajstić information content (AvgIpc) is 4.10. The lowest BCUT2D eigenvalue weighted by Crippen LogP contribution is -2.70. The van der Waals surface area contributed by atoms with Crippen LogP contribution in [0.5, 0.6) is 11.5 Å². The zero-order chi connectivity index (χ0) is 44.5. The van der Waals surface area contributed by atoms with E-state index in [1.807, 2.05) is 37.8 Å². The highest BCUT2D eigenvalue weighted by molar-refractivity contribution is 6.03. The van der Waals surface area contributed by atoms with Gasteiger partial charge in [0.2, 0.25) is 11.7 Å². The Kier molecular flexibility index (Phi) is 19.7. The lowest BCUT2D eigenvalue weighted by atomic mass is 9.55. The monoisotopic (exact) mass is 864 g/mol. The second-order valence-electron chi connectivity index (χ2n) is 19.3. The summed E-state index contributed by atoms with van der Waals surface area (Å²) in [6, 6.07) is 5.14. The molecule has 2 fully saturated rings. The molecule has 0 radical (unpaired) electrons. The van der Waals surface area contributed by atoms with Crippen molar-refractivity contribution in [1.29, 1.82) is 0 Å². The van der Waals surface area contributed by atoms with Gasteiger partial charge in [-0.15, -0.1) is 6.58 Å². The number of carbonyl (C=O) groups is 2. The number of benzene rings is 1. The normalized spacial score (nSPS) is 24.7. The van der Waals surface area contributed by atoms with Gasteiger partial charge in [0.1, 0.15) is 23.1 Å². The fraction of sp³-hybridized carbons (Fsp3) is 0.745. The molecule has 0 spiro atoms. The molecule has 6 unspecified atom stereocenters. The van der Waals surface area contributed by atoms with E-state index in [1.165, 1.54) is 51.4 Å². The summed E-state index contributed by atoms with van der Waals surface area (Å²) in [5.41, 5.74) is 2.15. The van der Waals surface area contributed by atoms with E-state index in [2.05, 4.69) is 31.8 Å². The van der Waals surface area contributed by atoms with E-state index in [0.717, 1.165) is 74.6 Å². The molecule has 4 aliphatic rings. The molecule has 0 bridgehead atoms. The molecule has 3 aliphatic carbocycles. The molecule has 6 atom stereocenters. The SMILES string of the molecule is C=CCOC12Oc3ccc(OC(=O)NCCCCCCCCCCCC)cc3C3C(CCCCO)C(CCCCO)C=C(C(=NOC(C)(C)C)CC1N(CCC)C(=O)C1CC1)C32. The van der Waals surface area contributed by atoms with Crippen molar-refractivity contribution in [1.82, 2.24) is 10.2 Å². The van der Waals surface area contributed by atoms with Crippen LogP contribution in [0.25, 0.3) is 0 Å². The van der Waals surface area contributed by atoms with Crippen molar-refractivity contribution < 1.29 is 38.9 Å². The number of nitrogens with one attached hydrogen (secondary N) is 1. The fourth-order valence-corrected chi connectivity index (χ4v) is 10.1. The first-order chi connectivity index (χ1) is 30.0. The van der Waals surface area contributed by atoms with Crippen molar-refractivity contribution in [3.05, 3.63) is 48.1 Å². The van der Waals surface area contributed by atoms with Crippen LogP contribution < -0.4 is 14.8 Å². The van der Waals surface area contributed by atoms with Crippen LogP contribution >= 0.6 is 0 Å². The van der Waals surface area contributed by atoms with E-state index < -0.39 is 29.4 Å². The minimum atomic E-state index is -1.29. The first kappa shape index (κ1) is 49.6. The van der Waals surface area contributed by atoms with Crippen LogP contribution in [0, 0.1) is 23.7 Å². The number of allylic oxidation sites excluding steroid dienone is 1. The summed E-state index contributed by atoms with van der Waals surface area (Å²) in [5, 5.41) is 27.7. The largest absolute Gasteiger partial charge is 0.459 e. The fourth-order valence-electron chi connectivity index (χ4n) is 10.1. The zero-order valence-electron chi connectivity index (χ0n) is 39.0. The molecule has 0 saturated heterocycles. The van der Waals surface area contributed by atoms with E-state index in [4.69, 9.17) is 24.2 Å². The van der Waals surface area contributed by atoms with Crippen molar-refractivity contribution >= 4 is 17.7 Å². The summed E-state index contributed by atoms with van der Waals surface area (Å²) in [5.74, 6) is -0.535. The minimum Gasteiger partial charge on any atom is -0.459 e. The van der Waals surface area contributed by atoms with Gasteiger partial charge in [-0.1, -0.05) is 102 Å². The third-order valence-corrected chi connectivity index (χ3v) is 13.1. The molecule has 11 heteroatoms. The smallest absolute Gasteiger partial charge is 0.412 e. The van der Waals surface area contributed by atoms with Crippen LogP contribution in [0.1, 0.15) is 175 Å².